The molecule has 19 heavy (non-hydrogen) atoms. The Morgan fingerprint density at radius 3 is 3.11 bits per heavy atom. The molecule has 3 rings (SSSR count). The molecule has 1 saturated heterocycles. The van der Waals surface area contributed by atoms with Crippen molar-refractivity contribution < 1.29 is 0 Å². The highest BCUT2D eigenvalue weighted by molar-refractivity contribution is 9.10. The van der Waals surface area contributed by atoms with Gasteiger partial charge >= 0.3 is 0 Å². The Kier molecular flexibility index (Phi) is 3.17. The van der Waals surface area contributed by atoms with Crippen LogP contribution < -0.4 is 4.90 Å². The molecule has 6 nitrogen and oxygen atoms in total. The molecule has 1 atom stereocenters. The van der Waals surface area contributed by atoms with Crippen molar-refractivity contribution in [1.29, 1.82) is 5.26 Å². The average molecular weight is 319 g/mol. The molecule has 0 spiro atoms. The molecule has 1 fully saturated rings. The van der Waals surface area contributed by atoms with E-state index in [9.17, 15) is 0 Å². The van der Waals surface area contributed by atoms with E-state index in [0.717, 1.165) is 24.0 Å². The highest BCUT2D eigenvalue weighted by Crippen LogP contribution is 2.27. The first-order valence-electron chi connectivity index (χ1n) is 5.94. The summed E-state index contributed by atoms with van der Waals surface area (Å²) in [5.41, 5.74) is 0.567. The molecule has 2 aromatic heterocycles. The summed E-state index contributed by atoms with van der Waals surface area (Å²) in [6, 6.07) is 4.16. The van der Waals surface area contributed by atoms with E-state index < -0.39 is 0 Å². The van der Waals surface area contributed by atoms with Gasteiger partial charge in [-0.05, 0) is 28.4 Å². The second-order valence-electron chi connectivity index (χ2n) is 4.41. The zero-order chi connectivity index (χ0) is 13.2. The van der Waals surface area contributed by atoms with Crippen LogP contribution in [-0.4, -0.2) is 33.1 Å². The minimum atomic E-state index is 0.305. The van der Waals surface area contributed by atoms with Gasteiger partial charge in [-0.2, -0.15) is 15.5 Å². The van der Waals surface area contributed by atoms with Crippen LogP contribution in [-0.2, 0) is 0 Å². The van der Waals surface area contributed by atoms with Crippen molar-refractivity contribution in [2.24, 2.45) is 0 Å². The molecule has 1 aliphatic heterocycles. The van der Waals surface area contributed by atoms with Gasteiger partial charge < -0.3 is 4.90 Å². The van der Waals surface area contributed by atoms with Gasteiger partial charge in [-0.1, -0.05) is 0 Å². The fourth-order valence-electron chi connectivity index (χ4n) is 2.31. The van der Waals surface area contributed by atoms with E-state index in [2.05, 4.69) is 42.2 Å². The van der Waals surface area contributed by atoms with Crippen molar-refractivity contribution in [3.05, 3.63) is 34.7 Å². The van der Waals surface area contributed by atoms with Gasteiger partial charge in [-0.3, -0.25) is 4.68 Å². The van der Waals surface area contributed by atoms with E-state index in [1.54, 1.807) is 18.5 Å². The number of halogens is 1. The molecular weight excluding hydrogens is 308 g/mol. The molecule has 1 unspecified atom stereocenters. The Hall–Kier alpha value is -1.94. The second kappa shape index (κ2) is 4.97. The maximum Gasteiger partial charge on any atom is 0.169 e. The van der Waals surface area contributed by atoms with Gasteiger partial charge in [0.2, 0.25) is 0 Å². The lowest BCUT2D eigenvalue weighted by Crippen LogP contribution is -2.23. The number of hydrogen-bond acceptors (Lipinski definition) is 5. The largest absolute Gasteiger partial charge is 0.352 e. The Balaban J connectivity index is 1.81. The third kappa shape index (κ3) is 2.31. The van der Waals surface area contributed by atoms with Crippen LogP contribution in [0.1, 0.15) is 18.0 Å². The van der Waals surface area contributed by atoms with E-state index in [1.165, 1.54) is 0 Å². The predicted molar refractivity (Wildman–Crippen MR) is 72.5 cm³/mol. The first-order valence-corrected chi connectivity index (χ1v) is 6.73. The number of nitrogens with zero attached hydrogens (tertiary/aromatic N) is 6. The Bertz CT molecular complexity index is 631. The van der Waals surface area contributed by atoms with Crippen molar-refractivity contribution >= 4 is 21.7 Å². The fourth-order valence-corrected chi connectivity index (χ4v) is 2.61. The molecule has 0 bridgehead atoms. The van der Waals surface area contributed by atoms with Crippen LogP contribution >= 0.6 is 15.9 Å². The summed E-state index contributed by atoms with van der Waals surface area (Å²) in [5, 5.41) is 21.4. The first kappa shape index (κ1) is 12.1. The highest BCUT2D eigenvalue weighted by atomic mass is 79.9. The summed E-state index contributed by atoms with van der Waals surface area (Å²) in [5.74, 6) is 0.665. The second-order valence-corrected chi connectivity index (χ2v) is 5.32. The van der Waals surface area contributed by atoms with Gasteiger partial charge in [0.25, 0.3) is 0 Å². The first-order chi connectivity index (χ1) is 9.28. The summed E-state index contributed by atoms with van der Waals surface area (Å²) >= 11 is 3.40. The van der Waals surface area contributed by atoms with Gasteiger partial charge in [-0.15, -0.1) is 5.10 Å². The minimum absolute atomic E-state index is 0.305. The van der Waals surface area contributed by atoms with Gasteiger partial charge in [0, 0.05) is 19.3 Å². The predicted octanol–water partition coefficient (Wildman–Crippen LogP) is 1.76. The smallest absolute Gasteiger partial charge is 0.169 e. The van der Waals surface area contributed by atoms with E-state index >= 15 is 0 Å². The Morgan fingerprint density at radius 1 is 1.47 bits per heavy atom. The van der Waals surface area contributed by atoms with E-state index in [0.29, 0.717) is 17.4 Å². The monoisotopic (exact) mass is 318 g/mol. The number of anilines is 1. The van der Waals surface area contributed by atoms with Crippen LogP contribution in [0.25, 0.3) is 0 Å². The topological polar surface area (TPSA) is 70.6 Å². The molecule has 0 aromatic carbocycles. The van der Waals surface area contributed by atoms with Gasteiger partial charge in [0.1, 0.15) is 6.07 Å². The van der Waals surface area contributed by atoms with Crippen LogP contribution in [0.3, 0.4) is 0 Å². The molecule has 0 amide bonds. The number of hydrogen-bond donors (Lipinski definition) is 0. The zero-order valence-corrected chi connectivity index (χ0v) is 11.7. The average Bonchev–Trinajstić information content (AvgIpc) is 3.07. The molecule has 2 aromatic rings. The van der Waals surface area contributed by atoms with Crippen molar-refractivity contribution in [2.45, 2.75) is 12.5 Å². The molecular formula is C12H11BrN6. The molecule has 0 saturated carbocycles. The van der Waals surface area contributed by atoms with E-state index in [4.69, 9.17) is 5.26 Å². The maximum atomic E-state index is 9.10. The summed E-state index contributed by atoms with van der Waals surface area (Å²) in [6.07, 6.45) is 6.28. The third-order valence-electron chi connectivity index (χ3n) is 3.23. The van der Waals surface area contributed by atoms with Crippen LogP contribution in [0.15, 0.2) is 29.1 Å². The van der Waals surface area contributed by atoms with Crippen LogP contribution in [0.2, 0.25) is 0 Å². The molecule has 3 heterocycles. The lowest BCUT2D eigenvalue weighted by Gasteiger charge is -2.17. The van der Waals surface area contributed by atoms with Crippen LogP contribution in [0.5, 0.6) is 0 Å². The van der Waals surface area contributed by atoms with E-state index in [1.807, 2.05) is 10.9 Å². The van der Waals surface area contributed by atoms with Crippen molar-refractivity contribution in [1.82, 2.24) is 20.0 Å². The number of rotatable bonds is 2. The van der Waals surface area contributed by atoms with E-state index in [-0.39, 0.29) is 0 Å². The standard InChI is InChI=1S/C12H11BrN6/c13-10-6-16-19(7-10)11-2-4-18(8-11)12-9(5-14)1-3-15-17-12/h1,3,6-7,11H,2,4,8H2. The molecule has 7 heteroatoms. The van der Waals surface area contributed by atoms with Crippen LogP contribution in [0.4, 0.5) is 5.82 Å². The molecule has 0 radical (unpaired) electrons. The van der Waals surface area contributed by atoms with Crippen molar-refractivity contribution in [3.8, 4) is 6.07 Å². The Morgan fingerprint density at radius 2 is 2.37 bits per heavy atom. The van der Waals surface area contributed by atoms with Gasteiger partial charge in [0.15, 0.2) is 5.82 Å². The summed E-state index contributed by atoms with van der Waals surface area (Å²) in [7, 11) is 0. The molecule has 1 aliphatic rings. The molecule has 96 valence electrons. The SMILES string of the molecule is N#Cc1ccnnc1N1CCC(n2cc(Br)cn2)C1. The minimum Gasteiger partial charge on any atom is -0.352 e. The van der Waals surface area contributed by atoms with Crippen molar-refractivity contribution in [3.63, 3.8) is 0 Å². The van der Waals surface area contributed by atoms with Gasteiger partial charge in [0.05, 0.1) is 28.5 Å². The summed E-state index contributed by atoms with van der Waals surface area (Å²) in [6.45, 7) is 1.65. The lowest BCUT2D eigenvalue weighted by atomic mass is 10.3. The zero-order valence-electron chi connectivity index (χ0n) is 10.1. The van der Waals surface area contributed by atoms with Gasteiger partial charge in [-0.25, -0.2) is 0 Å². The van der Waals surface area contributed by atoms with Crippen molar-refractivity contribution in [2.75, 3.05) is 18.0 Å². The lowest BCUT2D eigenvalue weighted by molar-refractivity contribution is 0.494. The van der Waals surface area contributed by atoms with Crippen LogP contribution in [0, 0.1) is 11.3 Å². The molecule has 0 N–H and O–H groups in total. The number of nitriles is 1. The summed E-state index contributed by atoms with van der Waals surface area (Å²) < 4.78 is 2.93. The fraction of sp³-hybridized carbons (Fsp3) is 0.333. The highest BCUT2D eigenvalue weighted by Gasteiger charge is 2.27. The maximum absolute atomic E-state index is 9.10. The normalized spacial score (nSPS) is 18.5. The third-order valence-corrected chi connectivity index (χ3v) is 3.64. The Labute approximate surface area is 118 Å². The summed E-state index contributed by atoms with van der Waals surface area (Å²) in [4.78, 5) is 2.09. The molecule has 0 aliphatic carbocycles. The number of aromatic nitrogens is 4. The quantitative estimate of drug-likeness (QED) is 0.843.